The second-order valence-electron chi connectivity index (χ2n) is 3.50. The van der Waals surface area contributed by atoms with Crippen molar-refractivity contribution in [2.24, 2.45) is 0 Å². The zero-order valence-corrected chi connectivity index (χ0v) is 8.40. The molecule has 1 aromatic rings. The zero-order chi connectivity index (χ0) is 10.2. The maximum absolute atomic E-state index is 11.6. The van der Waals surface area contributed by atoms with Crippen molar-refractivity contribution in [2.75, 3.05) is 5.75 Å². The SMILES string of the molecule is O=S1(=O)CCC[C@H]1c1ccc[n+]([O-])c1. The van der Waals surface area contributed by atoms with Crippen LogP contribution in [-0.4, -0.2) is 14.2 Å². The molecule has 0 bridgehead atoms. The molecule has 14 heavy (non-hydrogen) atoms. The van der Waals surface area contributed by atoms with E-state index in [2.05, 4.69) is 0 Å². The molecule has 76 valence electrons. The van der Waals surface area contributed by atoms with Crippen molar-refractivity contribution < 1.29 is 13.1 Å². The molecule has 1 saturated heterocycles. The lowest BCUT2D eigenvalue weighted by atomic mass is 10.1. The predicted molar refractivity (Wildman–Crippen MR) is 51.2 cm³/mol. The highest BCUT2D eigenvalue weighted by Crippen LogP contribution is 2.33. The van der Waals surface area contributed by atoms with E-state index in [1.807, 2.05) is 0 Å². The van der Waals surface area contributed by atoms with Crippen LogP contribution in [0, 0.1) is 5.21 Å². The predicted octanol–water partition coefficient (Wildman–Crippen LogP) is 0.570. The molecule has 0 N–H and O–H groups in total. The molecule has 0 aromatic carbocycles. The Hall–Kier alpha value is -1.10. The van der Waals surface area contributed by atoms with Crippen LogP contribution in [0.15, 0.2) is 24.5 Å². The lowest BCUT2D eigenvalue weighted by molar-refractivity contribution is -0.605. The van der Waals surface area contributed by atoms with Crippen molar-refractivity contribution in [1.29, 1.82) is 0 Å². The van der Waals surface area contributed by atoms with Crippen LogP contribution >= 0.6 is 0 Å². The average Bonchev–Trinajstić information content (AvgIpc) is 2.45. The van der Waals surface area contributed by atoms with Crippen molar-refractivity contribution in [1.82, 2.24) is 0 Å². The Morgan fingerprint density at radius 3 is 2.86 bits per heavy atom. The van der Waals surface area contributed by atoms with Gasteiger partial charge in [0.25, 0.3) is 0 Å². The molecular weight excluding hydrogens is 202 g/mol. The molecule has 0 spiro atoms. The summed E-state index contributed by atoms with van der Waals surface area (Å²) in [5.41, 5.74) is 0.611. The minimum atomic E-state index is -3.01. The Morgan fingerprint density at radius 1 is 1.50 bits per heavy atom. The number of rotatable bonds is 1. The topological polar surface area (TPSA) is 61.1 Å². The maximum Gasteiger partial charge on any atom is 0.184 e. The minimum absolute atomic E-state index is 0.241. The molecule has 2 rings (SSSR count). The van der Waals surface area contributed by atoms with Gasteiger partial charge in [-0.1, -0.05) is 0 Å². The first-order valence-electron chi connectivity index (χ1n) is 4.50. The zero-order valence-electron chi connectivity index (χ0n) is 7.59. The molecule has 4 nitrogen and oxygen atoms in total. The molecule has 1 atom stereocenters. The number of nitrogens with zero attached hydrogens (tertiary/aromatic N) is 1. The van der Waals surface area contributed by atoms with Gasteiger partial charge >= 0.3 is 0 Å². The van der Waals surface area contributed by atoms with Crippen LogP contribution in [0.25, 0.3) is 0 Å². The number of aromatic nitrogens is 1. The number of pyridine rings is 1. The van der Waals surface area contributed by atoms with Gasteiger partial charge in [-0.05, 0) is 18.9 Å². The van der Waals surface area contributed by atoms with Crippen molar-refractivity contribution in [2.45, 2.75) is 18.1 Å². The molecule has 0 unspecified atom stereocenters. The van der Waals surface area contributed by atoms with Gasteiger partial charge < -0.3 is 5.21 Å². The van der Waals surface area contributed by atoms with Gasteiger partial charge in [-0.15, -0.1) is 0 Å². The van der Waals surface area contributed by atoms with Gasteiger partial charge in [-0.2, -0.15) is 4.73 Å². The summed E-state index contributed by atoms with van der Waals surface area (Å²) in [5, 5.41) is 10.5. The third-order valence-corrected chi connectivity index (χ3v) is 4.73. The van der Waals surface area contributed by atoms with Gasteiger partial charge in [0.05, 0.1) is 11.0 Å². The lowest BCUT2D eigenvalue weighted by Crippen LogP contribution is -2.26. The van der Waals surface area contributed by atoms with Crippen molar-refractivity contribution in [3.8, 4) is 0 Å². The van der Waals surface area contributed by atoms with Gasteiger partial charge in [-0.25, -0.2) is 8.42 Å². The van der Waals surface area contributed by atoms with Gasteiger partial charge in [0.2, 0.25) is 0 Å². The van der Waals surface area contributed by atoms with Gasteiger partial charge in [0, 0.05) is 11.6 Å². The summed E-state index contributed by atoms with van der Waals surface area (Å²) in [6.07, 6.45) is 4.02. The fraction of sp³-hybridized carbons (Fsp3) is 0.444. The Bertz CT molecular complexity index is 441. The fourth-order valence-electron chi connectivity index (χ4n) is 1.83. The van der Waals surface area contributed by atoms with Crippen LogP contribution < -0.4 is 4.73 Å². The standard InChI is InChI=1S/C9H11NO3S/c11-10-5-1-3-8(7-10)9-4-2-6-14(9,12)13/h1,3,5,7,9H,2,4,6H2/t9-/m0/s1. The molecule has 2 heterocycles. The molecule has 0 saturated carbocycles. The Morgan fingerprint density at radius 2 is 2.29 bits per heavy atom. The first kappa shape index (κ1) is 9.45. The quantitative estimate of drug-likeness (QED) is 0.506. The fourth-order valence-corrected chi connectivity index (χ4v) is 3.76. The molecular formula is C9H11NO3S. The molecule has 1 aromatic heterocycles. The first-order valence-corrected chi connectivity index (χ1v) is 6.21. The molecule has 0 aliphatic carbocycles. The summed E-state index contributed by atoms with van der Waals surface area (Å²) < 4.78 is 23.8. The highest BCUT2D eigenvalue weighted by molar-refractivity contribution is 7.91. The number of sulfone groups is 1. The summed E-state index contributed by atoms with van der Waals surface area (Å²) in [7, 11) is -3.01. The molecule has 5 heteroatoms. The maximum atomic E-state index is 11.6. The Labute approximate surface area is 82.7 Å². The second-order valence-corrected chi connectivity index (χ2v) is 5.80. The van der Waals surface area contributed by atoms with Crippen LogP contribution in [-0.2, 0) is 9.84 Å². The van der Waals surface area contributed by atoms with E-state index in [1.54, 1.807) is 12.1 Å². The lowest BCUT2D eigenvalue weighted by Gasteiger charge is -2.07. The van der Waals surface area contributed by atoms with Crippen LogP contribution in [0.4, 0.5) is 0 Å². The van der Waals surface area contributed by atoms with E-state index in [0.29, 0.717) is 23.1 Å². The Kier molecular flexibility index (Phi) is 2.19. The minimum Gasteiger partial charge on any atom is -0.619 e. The molecule has 1 aliphatic heterocycles. The van der Waals surface area contributed by atoms with Crippen molar-refractivity contribution in [3.63, 3.8) is 0 Å². The number of hydrogen-bond acceptors (Lipinski definition) is 3. The second kappa shape index (κ2) is 3.24. The smallest absolute Gasteiger partial charge is 0.184 e. The van der Waals surface area contributed by atoms with E-state index >= 15 is 0 Å². The van der Waals surface area contributed by atoms with Gasteiger partial charge in [0.15, 0.2) is 22.2 Å². The third kappa shape index (κ3) is 1.59. The summed E-state index contributed by atoms with van der Waals surface area (Å²) in [6, 6.07) is 3.28. The van der Waals surface area contributed by atoms with E-state index in [9.17, 15) is 13.6 Å². The Balaban J connectivity index is 2.41. The summed E-state index contributed by atoms with van der Waals surface area (Å²) >= 11 is 0. The van der Waals surface area contributed by atoms with Crippen LogP contribution in [0.5, 0.6) is 0 Å². The van der Waals surface area contributed by atoms with E-state index in [4.69, 9.17) is 0 Å². The van der Waals surface area contributed by atoms with E-state index < -0.39 is 15.1 Å². The van der Waals surface area contributed by atoms with E-state index in [0.717, 1.165) is 0 Å². The first-order chi connectivity index (χ1) is 6.59. The normalized spacial score (nSPS) is 25.0. The van der Waals surface area contributed by atoms with Crippen molar-refractivity contribution in [3.05, 3.63) is 35.3 Å². The van der Waals surface area contributed by atoms with Crippen molar-refractivity contribution >= 4 is 9.84 Å². The summed E-state index contributed by atoms with van der Waals surface area (Å²) in [5.74, 6) is 0.241. The number of hydrogen-bond donors (Lipinski definition) is 0. The van der Waals surface area contributed by atoms with Gasteiger partial charge in [-0.3, -0.25) is 0 Å². The molecule has 0 amide bonds. The molecule has 1 fully saturated rings. The molecule has 0 radical (unpaired) electrons. The van der Waals surface area contributed by atoms with Crippen LogP contribution in [0.3, 0.4) is 0 Å². The average molecular weight is 213 g/mol. The largest absolute Gasteiger partial charge is 0.619 e. The summed E-state index contributed by atoms with van der Waals surface area (Å²) in [4.78, 5) is 0. The highest BCUT2D eigenvalue weighted by Gasteiger charge is 2.33. The van der Waals surface area contributed by atoms with E-state index in [-0.39, 0.29) is 5.75 Å². The van der Waals surface area contributed by atoms with Crippen LogP contribution in [0.2, 0.25) is 0 Å². The van der Waals surface area contributed by atoms with Gasteiger partial charge in [0.1, 0.15) is 0 Å². The van der Waals surface area contributed by atoms with Crippen LogP contribution in [0.1, 0.15) is 23.7 Å². The third-order valence-electron chi connectivity index (χ3n) is 2.50. The summed E-state index contributed by atoms with van der Waals surface area (Å²) in [6.45, 7) is 0. The van der Waals surface area contributed by atoms with E-state index in [1.165, 1.54) is 12.4 Å². The highest BCUT2D eigenvalue weighted by atomic mass is 32.2. The molecule has 1 aliphatic rings. The monoisotopic (exact) mass is 213 g/mol.